The Kier molecular flexibility index (Phi) is 5.06. The highest BCUT2D eigenvalue weighted by molar-refractivity contribution is 5.74. The number of hydrogen-bond donors (Lipinski definition) is 2. The van der Waals surface area contributed by atoms with Crippen molar-refractivity contribution in [3.63, 3.8) is 0 Å². The molecule has 2 amide bonds. The predicted molar refractivity (Wildman–Crippen MR) is 74.1 cm³/mol. The lowest BCUT2D eigenvalue weighted by Gasteiger charge is -2.19. The van der Waals surface area contributed by atoms with E-state index in [9.17, 15) is 4.79 Å². The zero-order chi connectivity index (χ0) is 14.4. The molecule has 0 radical (unpaired) electrons. The van der Waals surface area contributed by atoms with Gasteiger partial charge in [0.2, 0.25) is 0 Å². The van der Waals surface area contributed by atoms with Crippen molar-refractivity contribution in [2.45, 2.75) is 19.5 Å². The highest BCUT2D eigenvalue weighted by Crippen LogP contribution is 2.30. The molecule has 2 rings (SSSR count). The van der Waals surface area contributed by atoms with Crippen LogP contribution in [0.3, 0.4) is 0 Å². The van der Waals surface area contributed by atoms with Crippen LogP contribution >= 0.6 is 0 Å². The number of urea groups is 1. The molecular formula is C14H20N2O4. The summed E-state index contributed by atoms with van der Waals surface area (Å²) in [4.78, 5) is 11.7. The fourth-order valence-corrected chi connectivity index (χ4v) is 1.95. The predicted octanol–water partition coefficient (Wildman–Crippen LogP) is 1.29. The monoisotopic (exact) mass is 280 g/mol. The fraction of sp³-hybridized carbons (Fsp3) is 0.500. The van der Waals surface area contributed by atoms with Gasteiger partial charge in [0.05, 0.1) is 12.6 Å². The summed E-state index contributed by atoms with van der Waals surface area (Å²) in [5.74, 6) is 1.47. The molecule has 1 atom stereocenters. The first-order valence-corrected chi connectivity index (χ1v) is 6.61. The maximum Gasteiger partial charge on any atom is 0.315 e. The van der Waals surface area contributed by atoms with Gasteiger partial charge in [-0.1, -0.05) is 6.07 Å². The molecule has 6 heteroatoms. The lowest BCUT2D eigenvalue weighted by atomic mass is 10.2. The van der Waals surface area contributed by atoms with E-state index in [-0.39, 0.29) is 12.1 Å². The minimum absolute atomic E-state index is 0.0275. The van der Waals surface area contributed by atoms with E-state index >= 15 is 0 Å². The second-order valence-electron chi connectivity index (χ2n) is 4.66. The minimum Gasteiger partial charge on any atom is -0.486 e. The number of hydrogen-bond acceptors (Lipinski definition) is 4. The standard InChI is InChI=1S/C14H20N2O4/c1-10(9-18-2)16-14(17)15-8-11-3-4-12-13(7-11)20-6-5-19-12/h3-4,7,10H,5-6,8-9H2,1-2H3,(H2,15,16,17). The molecule has 1 aromatic rings. The summed E-state index contributed by atoms with van der Waals surface area (Å²) in [6.45, 7) is 3.93. The van der Waals surface area contributed by atoms with E-state index in [0.29, 0.717) is 26.4 Å². The third kappa shape index (κ3) is 4.03. The number of ether oxygens (including phenoxy) is 3. The maximum atomic E-state index is 11.7. The van der Waals surface area contributed by atoms with E-state index in [4.69, 9.17) is 14.2 Å². The lowest BCUT2D eigenvalue weighted by Crippen LogP contribution is -2.42. The van der Waals surface area contributed by atoms with Gasteiger partial charge in [0.1, 0.15) is 13.2 Å². The largest absolute Gasteiger partial charge is 0.486 e. The first-order valence-electron chi connectivity index (χ1n) is 6.61. The van der Waals surface area contributed by atoms with Crippen molar-refractivity contribution >= 4 is 6.03 Å². The first-order chi connectivity index (χ1) is 9.69. The van der Waals surface area contributed by atoms with Gasteiger partial charge in [0.25, 0.3) is 0 Å². The Morgan fingerprint density at radius 1 is 1.35 bits per heavy atom. The van der Waals surface area contributed by atoms with E-state index in [1.807, 2.05) is 25.1 Å². The average Bonchev–Trinajstić information content (AvgIpc) is 2.45. The number of carbonyl (C=O) groups excluding carboxylic acids is 1. The maximum absolute atomic E-state index is 11.7. The van der Waals surface area contributed by atoms with Gasteiger partial charge in [0, 0.05) is 13.7 Å². The van der Waals surface area contributed by atoms with Crippen LogP contribution < -0.4 is 20.1 Å². The van der Waals surface area contributed by atoms with Crippen molar-refractivity contribution < 1.29 is 19.0 Å². The second-order valence-corrected chi connectivity index (χ2v) is 4.66. The van der Waals surface area contributed by atoms with Crippen molar-refractivity contribution in [3.05, 3.63) is 23.8 Å². The van der Waals surface area contributed by atoms with Crippen LogP contribution in [0, 0.1) is 0 Å². The Hall–Kier alpha value is -1.95. The Morgan fingerprint density at radius 2 is 2.10 bits per heavy atom. The summed E-state index contributed by atoms with van der Waals surface area (Å²) in [5, 5.41) is 5.58. The molecule has 0 saturated heterocycles. The number of rotatable bonds is 5. The molecule has 6 nitrogen and oxygen atoms in total. The van der Waals surface area contributed by atoms with Gasteiger partial charge in [0.15, 0.2) is 11.5 Å². The summed E-state index contributed by atoms with van der Waals surface area (Å²) in [5.41, 5.74) is 0.962. The van der Waals surface area contributed by atoms with E-state index in [1.54, 1.807) is 7.11 Å². The smallest absolute Gasteiger partial charge is 0.315 e. The van der Waals surface area contributed by atoms with Gasteiger partial charge in [-0.3, -0.25) is 0 Å². The molecule has 0 saturated carbocycles. The summed E-state index contributed by atoms with van der Waals surface area (Å²) in [6, 6.07) is 5.40. The minimum atomic E-state index is -0.218. The van der Waals surface area contributed by atoms with E-state index in [2.05, 4.69) is 10.6 Å². The topological polar surface area (TPSA) is 68.8 Å². The number of fused-ring (bicyclic) bond motifs is 1. The molecule has 0 spiro atoms. The third-order valence-electron chi connectivity index (χ3n) is 2.85. The molecule has 1 unspecified atom stereocenters. The molecule has 0 aromatic heterocycles. The van der Waals surface area contributed by atoms with Crippen LogP contribution in [0.4, 0.5) is 4.79 Å². The summed E-state index contributed by atoms with van der Waals surface area (Å²) in [7, 11) is 1.60. The zero-order valence-corrected chi connectivity index (χ0v) is 11.8. The molecule has 20 heavy (non-hydrogen) atoms. The molecule has 1 aliphatic heterocycles. The van der Waals surface area contributed by atoms with E-state index in [1.165, 1.54) is 0 Å². The second kappa shape index (κ2) is 7.00. The Bertz CT molecular complexity index is 464. The molecule has 1 aliphatic rings. The molecule has 0 bridgehead atoms. The van der Waals surface area contributed by atoms with Gasteiger partial charge >= 0.3 is 6.03 Å². The molecule has 1 aromatic carbocycles. The number of nitrogens with one attached hydrogen (secondary N) is 2. The molecule has 1 heterocycles. The summed E-state index contributed by atoms with van der Waals surface area (Å²) >= 11 is 0. The van der Waals surface area contributed by atoms with E-state index in [0.717, 1.165) is 17.1 Å². The number of methoxy groups -OCH3 is 1. The Balaban J connectivity index is 1.83. The lowest BCUT2D eigenvalue weighted by molar-refractivity contribution is 0.170. The fourth-order valence-electron chi connectivity index (χ4n) is 1.95. The Morgan fingerprint density at radius 3 is 2.85 bits per heavy atom. The Labute approximate surface area is 118 Å². The van der Waals surface area contributed by atoms with Crippen molar-refractivity contribution in [2.24, 2.45) is 0 Å². The van der Waals surface area contributed by atoms with Gasteiger partial charge in [-0.15, -0.1) is 0 Å². The van der Waals surface area contributed by atoms with E-state index < -0.39 is 0 Å². The molecular weight excluding hydrogens is 260 g/mol. The van der Waals surface area contributed by atoms with Crippen LogP contribution in [0.1, 0.15) is 12.5 Å². The number of carbonyl (C=O) groups is 1. The highest BCUT2D eigenvalue weighted by atomic mass is 16.6. The molecule has 0 fully saturated rings. The van der Waals surface area contributed by atoms with Gasteiger partial charge in [-0.25, -0.2) is 4.79 Å². The zero-order valence-electron chi connectivity index (χ0n) is 11.8. The van der Waals surface area contributed by atoms with Crippen molar-refractivity contribution in [3.8, 4) is 11.5 Å². The summed E-state index contributed by atoms with van der Waals surface area (Å²) < 4.78 is 15.9. The van der Waals surface area contributed by atoms with Crippen LogP contribution in [-0.4, -0.2) is 39.0 Å². The average molecular weight is 280 g/mol. The van der Waals surface area contributed by atoms with Crippen molar-refractivity contribution in [1.82, 2.24) is 10.6 Å². The quantitative estimate of drug-likeness (QED) is 0.853. The van der Waals surface area contributed by atoms with Crippen LogP contribution in [-0.2, 0) is 11.3 Å². The van der Waals surface area contributed by atoms with Crippen LogP contribution in [0.5, 0.6) is 11.5 Å². The highest BCUT2D eigenvalue weighted by Gasteiger charge is 2.12. The van der Waals surface area contributed by atoms with Crippen LogP contribution in [0.2, 0.25) is 0 Å². The van der Waals surface area contributed by atoms with Crippen molar-refractivity contribution in [2.75, 3.05) is 26.9 Å². The van der Waals surface area contributed by atoms with Gasteiger partial charge < -0.3 is 24.8 Å². The first kappa shape index (κ1) is 14.5. The SMILES string of the molecule is COCC(C)NC(=O)NCc1ccc2c(c1)OCCO2. The van der Waals surface area contributed by atoms with Crippen LogP contribution in [0.25, 0.3) is 0 Å². The van der Waals surface area contributed by atoms with Crippen molar-refractivity contribution in [1.29, 1.82) is 0 Å². The van der Waals surface area contributed by atoms with Gasteiger partial charge in [-0.2, -0.15) is 0 Å². The normalized spacial score (nSPS) is 14.5. The number of benzene rings is 1. The third-order valence-corrected chi connectivity index (χ3v) is 2.85. The van der Waals surface area contributed by atoms with Gasteiger partial charge in [-0.05, 0) is 24.6 Å². The molecule has 2 N–H and O–H groups in total. The number of amides is 2. The molecule has 110 valence electrons. The molecule has 0 aliphatic carbocycles. The summed E-state index contributed by atoms with van der Waals surface area (Å²) in [6.07, 6.45) is 0. The van der Waals surface area contributed by atoms with Crippen LogP contribution in [0.15, 0.2) is 18.2 Å².